The van der Waals surface area contributed by atoms with E-state index in [0.717, 1.165) is 28.1 Å². The van der Waals surface area contributed by atoms with Crippen LogP contribution in [0, 0.1) is 20.8 Å². The zero-order valence-electron chi connectivity index (χ0n) is 12.9. The predicted octanol–water partition coefficient (Wildman–Crippen LogP) is 2.37. The molecule has 0 spiro atoms. The summed E-state index contributed by atoms with van der Waals surface area (Å²) in [6.45, 7) is 6.56. The van der Waals surface area contributed by atoms with Crippen molar-refractivity contribution in [3.05, 3.63) is 46.8 Å². The topological polar surface area (TPSA) is 58.2 Å². The Labute approximate surface area is 124 Å². The van der Waals surface area contributed by atoms with E-state index in [1.807, 2.05) is 32.9 Å². The molecule has 0 atom stereocenters. The molecule has 0 radical (unpaired) electrons. The van der Waals surface area contributed by atoms with Gasteiger partial charge < -0.3 is 9.64 Å². The van der Waals surface area contributed by atoms with E-state index in [-0.39, 0.29) is 12.5 Å². The molecule has 1 amide bonds. The van der Waals surface area contributed by atoms with E-state index in [0.29, 0.717) is 6.54 Å². The number of aromatic amines is 1. The van der Waals surface area contributed by atoms with Gasteiger partial charge >= 0.3 is 0 Å². The quantitative estimate of drug-likeness (QED) is 0.918. The Balaban J connectivity index is 1.96. The van der Waals surface area contributed by atoms with Gasteiger partial charge in [0.15, 0.2) is 6.61 Å². The molecule has 21 heavy (non-hydrogen) atoms. The van der Waals surface area contributed by atoms with E-state index in [9.17, 15) is 4.79 Å². The maximum absolute atomic E-state index is 12.1. The standard InChI is InChI=1S/C16H21N3O2/c1-11-5-6-12(2)16(13(11)3)21-10-15(20)19(4)9-14-7-8-17-18-14/h5-8H,9-10H2,1-4H3,(H,17,18). The van der Waals surface area contributed by atoms with Crippen molar-refractivity contribution in [2.75, 3.05) is 13.7 Å². The number of hydrogen-bond donors (Lipinski definition) is 1. The van der Waals surface area contributed by atoms with E-state index >= 15 is 0 Å². The van der Waals surface area contributed by atoms with Gasteiger partial charge in [-0.15, -0.1) is 0 Å². The number of rotatable bonds is 5. The van der Waals surface area contributed by atoms with E-state index in [2.05, 4.69) is 16.3 Å². The van der Waals surface area contributed by atoms with Crippen molar-refractivity contribution in [1.82, 2.24) is 15.1 Å². The largest absolute Gasteiger partial charge is 0.483 e. The number of ether oxygens (including phenoxy) is 1. The normalized spacial score (nSPS) is 10.5. The van der Waals surface area contributed by atoms with Gasteiger partial charge in [-0.1, -0.05) is 12.1 Å². The van der Waals surface area contributed by atoms with Crippen LogP contribution in [0.4, 0.5) is 0 Å². The lowest BCUT2D eigenvalue weighted by atomic mass is 10.1. The maximum Gasteiger partial charge on any atom is 0.260 e. The first-order chi connectivity index (χ1) is 9.99. The number of hydrogen-bond acceptors (Lipinski definition) is 3. The molecular formula is C16H21N3O2. The zero-order chi connectivity index (χ0) is 15.4. The summed E-state index contributed by atoms with van der Waals surface area (Å²) in [5.41, 5.74) is 4.18. The minimum absolute atomic E-state index is 0.0375. The third-order valence-electron chi connectivity index (χ3n) is 3.61. The Morgan fingerprint density at radius 3 is 2.62 bits per heavy atom. The average Bonchev–Trinajstić information content (AvgIpc) is 2.95. The summed E-state index contributed by atoms with van der Waals surface area (Å²) in [5.74, 6) is 0.739. The van der Waals surface area contributed by atoms with Gasteiger partial charge in [0.25, 0.3) is 5.91 Å². The van der Waals surface area contributed by atoms with Gasteiger partial charge in [-0.2, -0.15) is 5.10 Å². The third kappa shape index (κ3) is 3.62. The molecule has 0 bridgehead atoms. The van der Waals surface area contributed by atoms with Crippen molar-refractivity contribution in [3.63, 3.8) is 0 Å². The molecule has 1 N–H and O–H groups in total. The third-order valence-corrected chi connectivity index (χ3v) is 3.61. The number of carbonyl (C=O) groups excluding carboxylic acids is 1. The molecule has 5 heteroatoms. The van der Waals surface area contributed by atoms with Crippen LogP contribution in [0.25, 0.3) is 0 Å². The van der Waals surface area contributed by atoms with Crippen LogP contribution in [0.3, 0.4) is 0 Å². The number of aryl methyl sites for hydroxylation is 2. The predicted molar refractivity (Wildman–Crippen MR) is 81.2 cm³/mol. The van der Waals surface area contributed by atoms with E-state index < -0.39 is 0 Å². The fraction of sp³-hybridized carbons (Fsp3) is 0.375. The number of aromatic nitrogens is 2. The summed E-state index contributed by atoms with van der Waals surface area (Å²) in [6.07, 6.45) is 1.67. The Morgan fingerprint density at radius 2 is 1.95 bits per heavy atom. The van der Waals surface area contributed by atoms with Crippen LogP contribution >= 0.6 is 0 Å². The Hall–Kier alpha value is -2.30. The maximum atomic E-state index is 12.1. The van der Waals surface area contributed by atoms with Crippen molar-refractivity contribution in [1.29, 1.82) is 0 Å². The number of H-pyrrole nitrogens is 1. The number of nitrogens with zero attached hydrogens (tertiary/aromatic N) is 2. The molecule has 1 aromatic heterocycles. The fourth-order valence-corrected chi connectivity index (χ4v) is 2.11. The van der Waals surface area contributed by atoms with Crippen LogP contribution in [-0.4, -0.2) is 34.7 Å². The molecule has 1 heterocycles. The Morgan fingerprint density at radius 1 is 1.24 bits per heavy atom. The minimum atomic E-state index is -0.0649. The van der Waals surface area contributed by atoms with Crippen molar-refractivity contribution in [2.24, 2.45) is 0 Å². The highest BCUT2D eigenvalue weighted by Gasteiger charge is 2.13. The highest BCUT2D eigenvalue weighted by atomic mass is 16.5. The second-order valence-corrected chi connectivity index (χ2v) is 5.27. The van der Waals surface area contributed by atoms with Crippen LogP contribution in [0.15, 0.2) is 24.4 Å². The molecule has 2 rings (SSSR count). The molecule has 0 saturated carbocycles. The van der Waals surface area contributed by atoms with Crippen LogP contribution < -0.4 is 4.74 Å². The lowest BCUT2D eigenvalue weighted by Gasteiger charge is -2.18. The lowest BCUT2D eigenvalue weighted by molar-refractivity contribution is -0.132. The Bertz CT molecular complexity index is 621. The number of nitrogens with one attached hydrogen (secondary N) is 1. The minimum Gasteiger partial charge on any atom is -0.483 e. The molecule has 5 nitrogen and oxygen atoms in total. The summed E-state index contributed by atoms with van der Waals surface area (Å²) >= 11 is 0. The summed E-state index contributed by atoms with van der Waals surface area (Å²) < 4.78 is 5.73. The molecule has 1 aromatic carbocycles. The zero-order valence-corrected chi connectivity index (χ0v) is 12.9. The van der Waals surface area contributed by atoms with Crippen LogP contribution in [-0.2, 0) is 11.3 Å². The van der Waals surface area contributed by atoms with Crippen molar-refractivity contribution < 1.29 is 9.53 Å². The number of likely N-dealkylation sites (N-methyl/N-ethyl adjacent to an activating group) is 1. The first-order valence-corrected chi connectivity index (χ1v) is 6.91. The summed E-state index contributed by atoms with van der Waals surface area (Å²) in [5, 5.41) is 6.70. The van der Waals surface area contributed by atoms with E-state index in [4.69, 9.17) is 4.74 Å². The van der Waals surface area contributed by atoms with Gasteiger partial charge in [-0.25, -0.2) is 0 Å². The monoisotopic (exact) mass is 287 g/mol. The van der Waals surface area contributed by atoms with Gasteiger partial charge in [0.05, 0.1) is 12.2 Å². The number of amides is 1. The number of benzene rings is 1. The molecule has 2 aromatic rings. The van der Waals surface area contributed by atoms with Gasteiger partial charge in [0, 0.05) is 13.2 Å². The van der Waals surface area contributed by atoms with Crippen LogP contribution in [0.1, 0.15) is 22.4 Å². The fourth-order valence-electron chi connectivity index (χ4n) is 2.11. The highest BCUT2D eigenvalue weighted by molar-refractivity contribution is 5.77. The molecule has 0 aliphatic heterocycles. The first kappa shape index (κ1) is 15.1. The Kier molecular flexibility index (Phi) is 4.62. The van der Waals surface area contributed by atoms with E-state index in [1.54, 1.807) is 18.1 Å². The second kappa shape index (κ2) is 6.43. The lowest BCUT2D eigenvalue weighted by Crippen LogP contribution is -2.31. The van der Waals surface area contributed by atoms with Crippen LogP contribution in [0.2, 0.25) is 0 Å². The molecule has 0 aliphatic rings. The van der Waals surface area contributed by atoms with E-state index in [1.165, 1.54) is 0 Å². The molecule has 0 unspecified atom stereocenters. The summed E-state index contributed by atoms with van der Waals surface area (Å²) in [4.78, 5) is 13.7. The SMILES string of the molecule is Cc1ccc(C)c(OCC(=O)N(C)Cc2ccn[nH]2)c1C. The molecule has 112 valence electrons. The molecule has 0 aliphatic carbocycles. The smallest absolute Gasteiger partial charge is 0.260 e. The van der Waals surface area contributed by atoms with Crippen molar-refractivity contribution in [3.8, 4) is 5.75 Å². The first-order valence-electron chi connectivity index (χ1n) is 6.91. The van der Waals surface area contributed by atoms with Gasteiger partial charge in [-0.3, -0.25) is 9.89 Å². The molecule has 0 saturated heterocycles. The second-order valence-electron chi connectivity index (χ2n) is 5.27. The molecule has 0 fully saturated rings. The van der Waals surface area contributed by atoms with Gasteiger partial charge in [0.2, 0.25) is 0 Å². The average molecular weight is 287 g/mol. The van der Waals surface area contributed by atoms with Crippen molar-refractivity contribution >= 4 is 5.91 Å². The van der Waals surface area contributed by atoms with Crippen LogP contribution in [0.5, 0.6) is 5.75 Å². The van der Waals surface area contributed by atoms with Gasteiger partial charge in [-0.05, 0) is 43.5 Å². The summed E-state index contributed by atoms with van der Waals surface area (Å²) in [6, 6.07) is 5.92. The molecular weight excluding hydrogens is 266 g/mol. The number of carbonyl (C=O) groups is 1. The highest BCUT2D eigenvalue weighted by Crippen LogP contribution is 2.25. The van der Waals surface area contributed by atoms with Crippen molar-refractivity contribution in [2.45, 2.75) is 27.3 Å². The summed E-state index contributed by atoms with van der Waals surface area (Å²) in [7, 11) is 1.75. The van der Waals surface area contributed by atoms with Gasteiger partial charge in [0.1, 0.15) is 5.75 Å².